The fourth-order valence-corrected chi connectivity index (χ4v) is 3.11. The molecule has 0 unspecified atom stereocenters. The van der Waals surface area contributed by atoms with E-state index in [0.717, 1.165) is 6.29 Å². The van der Waals surface area contributed by atoms with Gasteiger partial charge in [-0.25, -0.2) is 0 Å². The van der Waals surface area contributed by atoms with Crippen molar-refractivity contribution >= 4 is 18.1 Å². The van der Waals surface area contributed by atoms with Gasteiger partial charge in [0, 0.05) is 52.1 Å². The molecule has 0 aromatic rings. The average molecular weight is 490 g/mol. The van der Waals surface area contributed by atoms with E-state index in [4.69, 9.17) is 26.7 Å². The van der Waals surface area contributed by atoms with Crippen LogP contribution in [0.25, 0.3) is 0 Å². The van der Waals surface area contributed by atoms with Crippen LogP contribution in [0.15, 0.2) is 0 Å². The highest BCUT2D eigenvalue weighted by molar-refractivity contribution is 5.79. The topological polar surface area (TPSA) is 196 Å². The Labute approximate surface area is 203 Å². The van der Waals surface area contributed by atoms with Gasteiger partial charge in [-0.2, -0.15) is 0 Å². The van der Waals surface area contributed by atoms with Gasteiger partial charge in [0.05, 0.1) is 32.5 Å². The van der Waals surface area contributed by atoms with Crippen molar-refractivity contribution in [3.8, 4) is 0 Å². The second kappa shape index (κ2) is 24.5. The molecule has 12 heteroatoms. The Bertz CT molecular complexity index is 504. The quantitative estimate of drug-likeness (QED) is 0.0529. The Morgan fingerprint density at radius 3 is 2.03 bits per heavy atom. The minimum atomic E-state index is -0.534. The van der Waals surface area contributed by atoms with Gasteiger partial charge in [0.2, 0.25) is 11.8 Å². The summed E-state index contributed by atoms with van der Waals surface area (Å²) in [6.07, 6.45) is 3.30. The van der Waals surface area contributed by atoms with E-state index in [-0.39, 0.29) is 24.2 Å². The maximum absolute atomic E-state index is 12.4. The van der Waals surface area contributed by atoms with E-state index in [0.29, 0.717) is 104 Å². The summed E-state index contributed by atoms with van der Waals surface area (Å²) in [6.45, 7) is 6.44. The number of nitrogens with two attached hydrogens (primary N) is 3. The third kappa shape index (κ3) is 20.9. The lowest BCUT2D eigenvalue weighted by atomic mass is 10.0. The summed E-state index contributed by atoms with van der Waals surface area (Å²) in [5.41, 5.74) is 16.3. The summed E-state index contributed by atoms with van der Waals surface area (Å²) >= 11 is 0. The van der Waals surface area contributed by atoms with Crippen LogP contribution in [0.4, 0.5) is 0 Å². The zero-order valence-corrected chi connectivity index (χ0v) is 20.5. The van der Waals surface area contributed by atoms with Crippen LogP contribution in [-0.4, -0.2) is 103 Å². The summed E-state index contributed by atoms with van der Waals surface area (Å²) in [7, 11) is 0. The Morgan fingerprint density at radius 2 is 1.44 bits per heavy atom. The molecular weight excluding hydrogens is 442 g/mol. The van der Waals surface area contributed by atoms with E-state index in [2.05, 4.69) is 21.3 Å². The van der Waals surface area contributed by atoms with Crippen LogP contribution in [0.5, 0.6) is 0 Å². The second-order valence-corrected chi connectivity index (χ2v) is 7.97. The highest BCUT2D eigenvalue weighted by Gasteiger charge is 2.17. The van der Waals surface area contributed by atoms with Crippen molar-refractivity contribution in [2.75, 3.05) is 78.8 Å². The molecule has 0 aromatic carbocycles. The fraction of sp³-hybridized carbons (Fsp3) is 0.864. The Hall–Kier alpha value is -1.67. The maximum Gasteiger partial charge on any atom is 0.222 e. The van der Waals surface area contributed by atoms with Crippen LogP contribution in [0.1, 0.15) is 32.1 Å². The van der Waals surface area contributed by atoms with Gasteiger partial charge in [-0.05, 0) is 38.3 Å². The van der Waals surface area contributed by atoms with Crippen molar-refractivity contribution in [3.05, 3.63) is 0 Å². The second-order valence-electron chi connectivity index (χ2n) is 7.97. The highest BCUT2D eigenvalue weighted by Crippen LogP contribution is 2.04. The zero-order valence-electron chi connectivity index (χ0n) is 20.5. The normalized spacial score (nSPS) is 12.0. The number of carbonyl (C=O) groups is 3. The molecule has 12 nitrogen and oxygen atoms in total. The SMILES string of the molecule is NCCNCC(CNCCN)CC(=O)N[C@H](C=O)CCCCNC(=O)CCOCCOCCN. The van der Waals surface area contributed by atoms with Crippen molar-refractivity contribution in [2.24, 2.45) is 23.1 Å². The summed E-state index contributed by atoms with van der Waals surface area (Å²) in [5.74, 6) is -0.170. The number of aldehydes is 1. The number of hydrogen-bond acceptors (Lipinski definition) is 10. The van der Waals surface area contributed by atoms with E-state index in [9.17, 15) is 14.4 Å². The van der Waals surface area contributed by atoms with Gasteiger partial charge in [-0.1, -0.05) is 0 Å². The van der Waals surface area contributed by atoms with Crippen LogP contribution >= 0.6 is 0 Å². The van der Waals surface area contributed by atoms with Gasteiger partial charge in [-0.15, -0.1) is 0 Å². The van der Waals surface area contributed by atoms with Gasteiger partial charge in [0.1, 0.15) is 6.29 Å². The Balaban J connectivity index is 3.98. The molecule has 0 aliphatic rings. The first-order chi connectivity index (χ1) is 16.6. The van der Waals surface area contributed by atoms with Gasteiger partial charge in [0.15, 0.2) is 0 Å². The Morgan fingerprint density at radius 1 is 0.794 bits per heavy atom. The molecule has 1 atom stereocenters. The number of carbonyl (C=O) groups excluding carboxylic acids is 3. The molecule has 0 fully saturated rings. The predicted octanol–water partition coefficient (Wildman–Crippen LogP) is -2.56. The molecule has 0 aliphatic carbocycles. The van der Waals surface area contributed by atoms with Gasteiger partial charge in [-0.3, -0.25) is 9.59 Å². The molecule has 0 aliphatic heterocycles. The van der Waals surface area contributed by atoms with Crippen LogP contribution < -0.4 is 38.5 Å². The van der Waals surface area contributed by atoms with Crippen LogP contribution in [0, 0.1) is 5.92 Å². The van der Waals surface area contributed by atoms with Crippen LogP contribution in [0.3, 0.4) is 0 Å². The average Bonchev–Trinajstić information content (AvgIpc) is 2.82. The number of unbranched alkanes of at least 4 members (excludes halogenated alkanes) is 1. The number of nitrogens with one attached hydrogen (secondary N) is 4. The lowest BCUT2D eigenvalue weighted by Crippen LogP contribution is -2.41. The van der Waals surface area contributed by atoms with Gasteiger partial charge in [0.25, 0.3) is 0 Å². The van der Waals surface area contributed by atoms with E-state index >= 15 is 0 Å². The molecule has 0 aromatic heterocycles. The molecule has 0 radical (unpaired) electrons. The number of hydrogen-bond donors (Lipinski definition) is 7. The monoisotopic (exact) mass is 489 g/mol. The van der Waals surface area contributed by atoms with Gasteiger partial charge < -0.3 is 52.7 Å². The zero-order chi connectivity index (χ0) is 25.3. The van der Waals surface area contributed by atoms with Crippen molar-refractivity contribution < 1.29 is 23.9 Å². The number of ether oxygens (including phenoxy) is 2. The summed E-state index contributed by atoms with van der Waals surface area (Å²) in [4.78, 5) is 35.6. The lowest BCUT2D eigenvalue weighted by Gasteiger charge is -2.19. The largest absolute Gasteiger partial charge is 0.379 e. The molecule has 200 valence electrons. The molecule has 10 N–H and O–H groups in total. The molecule has 0 heterocycles. The first-order valence-electron chi connectivity index (χ1n) is 12.3. The minimum Gasteiger partial charge on any atom is -0.379 e. The molecule has 0 rings (SSSR count). The van der Waals surface area contributed by atoms with Crippen LogP contribution in [0.2, 0.25) is 0 Å². The summed E-state index contributed by atoms with van der Waals surface area (Å²) < 4.78 is 10.5. The first-order valence-corrected chi connectivity index (χ1v) is 12.3. The standard InChI is InChI=1S/C22H47N7O5/c23-5-9-26-16-19(17-27-10-6-24)15-22(32)29-20(18-30)3-1-2-8-28-21(31)4-11-33-13-14-34-12-7-25/h18-20,26-27H,1-17,23-25H2,(H,28,31)(H,29,32)/t20-/m0/s1. The van der Waals surface area contributed by atoms with E-state index < -0.39 is 6.04 Å². The smallest absolute Gasteiger partial charge is 0.222 e. The molecule has 0 bridgehead atoms. The van der Waals surface area contributed by atoms with Crippen molar-refractivity contribution in [2.45, 2.75) is 38.1 Å². The highest BCUT2D eigenvalue weighted by atomic mass is 16.5. The molecular formula is C22H47N7O5. The molecule has 0 spiro atoms. The van der Waals surface area contributed by atoms with Crippen molar-refractivity contribution in [1.29, 1.82) is 0 Å². The molecule has 2 amide bonds. The van der Waals surface area contributed by atoms with E-state index in [1.807, 2.05) is 0 Å². The van der Waals surface area contributed by atoms with Crippen molar-refractivity contribution in [3.63, 3.8) is 0 Å². The predicted molar refractivity (Wildman–Crippen MR) is 132 cm³/mol. The van der Waals surface area contributed by atoms with E-state index in [1.165, 1.54) is 0 Å². The lowest BCUT2D eigenvalue weighted by molar-refractivity contribution is -0.124. The van der Waals surface area contributed by atoms with Crippen molar-refractivity contribution in [1.82, 2.24) is 21.3 Å². The fourth-order valence-electron chi connectivity index (χ4n) is 3.11. The van der Waals surface area contributed by atoms with E-state index in [1.54, 1.807) is 0 Å². The molecule has 0 saturated carbocycles. The van der Waals surface area contributed by atoms with Crippen LogP contribution in [-0.2, 0) is 23.9 Å². The number of amides is 2. The third-order valence-electron chi connectivity index (χ3n) is 4.86. The maximum atomic E-state index is 12.4. The summed E-state index contributed by atoms with van der Waals surface area (Å²) in [6, 6.07) is -0.534. The summed E-state index contributed by atoms with van der Waals surface area (Å²) in [5, 5.41) is 12.1. The minimum absolute atomic E-state index is 0.0723. The third-order valence-corrected chi connectivity index (χ3v) is 4.86. The first kappa shape index (κ1) is 32.3. The molecule has 0 saturated heterocycles. The molecule has 34 heavy (non-hydrogen) atoms. The Kier molecular flexibility index (Phi) is 23.3. The number of rotatable bonds is 25. The van der Waals surface area contributed by atoms with Gasteiger partial charge >= 0.3 is 0 Å².